The SMILES string of the molecule is C=CCN(CC=C)CCC/C=C(N)\C=C(/C)N. The molecule has 4 N–H and O–H groups in total. The van der Waals surface area contributed by atoms with Gasteiger partial charge < -0.3 is 11.5 Å². The van der Waals surface area contributed by atoms with Gasteiger partial charge in [0.15, 0.2) is 0 Å². The maximum atomic E-state index is 5.77. The first-order valence-corrected chi connectivity index (χ1v) is 5.93. The van der Waals surface area contributed by atoms with E-state index in [2.05, 4.69) is 18.1 Å². The Morgan fingerprint density at radius 2 is 1.76 bits per heavy atom. The third-order valence-electron chi connectivity index (χ3n) is 2.23. The molecule has 96 valence electrons. The standard InChI is InChI=1S/C14H25N3/c1-4-9-17(10-5-2)11-7-6-8-14(16)12-13(3)15/h4-5,8,12H,1-2,6-7,9-11,15-16H2,3H3/b13-12+,14-8+. The van der Waals surface area contributed by atoms with Crippen LogP contribution in [-0.2, 0) is 0 Å². The highest BCUT2D eigenvalue weighted by atomic mass is 15.1. The lowest BCUT2D eigenvalue weighted by atomic mass is 10.2. The van der Waals surface area contributed by atoms with Crippen LogP contribution in [0.3, 0.4) is 0 Å². The molecule has 0 aliphatic rings. The van der Waals surface area contributed by atoms with Crippen LogP contribution in [0.4, 0.5) is 0 Å². The molecular weight excluding hydrogens is 210 g/mol. The molecule has 0 atom stereocenters. The molecule has 0 amide bonds. The lowest BCUT2D eigenvalue weighted by Crippen LogP contribution is -2.24. The highest BCUT2D eigenvalue weighted by molar-refractivity contribution is 5.17. The van der Waals surface area contributed by atoms with Crippen molar-refractivity contribution >= 4 is 0 Å². The van der Waals surface area contributed by atoms with Crippen LogP contribution in [0.5, 0.6) is 0 Å². The number of hydrogen-bond acceptors (Lipinski definition) is 3. The Bertz CT molecular complexity index is 276. The van der Waals surface area contributed by atoms with Crippen LogP contribution in [0.25, 0.3) is 0 Å². The Kier molecular flexibility index (Phi) is 8.88. The summed E-state index contributed by atoms with van der Waals surface area (Å²) >= 11 is 0. The van der Waals surface area contributed by atoms with Crippen LogP contribution >= 0.6 is 0 Å². The summed E-state index contributed by atoms with van der Waals surface area (Å²) in [6.07, 6.45) is 9.64. The van der Waals surface area contributed by atoms with Gasteiger partial charge in [0.05, 0.1) is 0 Å². The second-order valence-electron chi connectivity index (χ2n) is 4.07. The minimum atomic E-state index is 0.735. The summed E-state index contributed by atoms with van der Waals surface area (Å²) in [5.41, 5.74) is 12.8. The van der Waals surface area contributed by atoms with E-state index in [1.165, 1.54) is 0 Å². The van der Waals surface area contributed by atoms with E-state index in [0.29, 0.717) is 0 Å². The molecule has 0 aliphatic carbocycles. The van der Waals surface area contributed by atoms with E-state index in [1.54, 1.807) is 6.08 Å². The predicted molar refractivity (Wildman–Crippen MR) is 76.3 cm³/mol. The minimum Gasteiger partial charge on any atom is -0.402 e. The average molecular weight is 235 g/mol. The van der Waals surface area contributed by atoms with Gasteiger partial charge in [-0.3, -0.25) is 4.90 Å². The van der Waals surface area contributed by atoms with Crippen molar-refractivity contribution in [1.29, 1.82) is 0 Å². The van der Waals surface area contributed by atoms with E-state index < -0.39 is 0 Å². The van der Waals surface area contributed by atoms with Crippen LogP contribution in [0.15, 0.2) is 48.9 Å². The van der Waals surface area contributed by atoms with Crippen molar-refractivity contribution in [3.8, 4) is 0 Å². The zero-order chi connectivity index (χ0) is 13.1. The fraction of sp³-hybridized carbons (Fsp3) is 0.429. The van der Waals surface area contributed by atoms with Crippen molar-refractivity contribution in [2.45, 2.75) is 19.8 Å². The molecule has 0 aliphatic heterocycles. The second kappa shape index (κ2) is 9.73. The molecule has 0 saturated carbocycles. The van der Waals surface area contributed by atoms with Crippen LogP contribution in [0.1, 0.15) is 19.8 Å². The van der Waals surface area contributed by atoms with E-state index in [-0.39, 0.29) is 0 Å². The molecule has 0 bridgehead atoms. The fourth-order valence-electron chi connectivity index (χ4n) is 1.53. The summed E-state index contributed by atoms with van der Waals surface area (Å²) in [4.78, 5) is 2.29. The van der Waals surface area contributed by atoms with E-state index >= 15 is 0 Å². The van der Waals surface area contributed by atoms with E-state index in [0.717, 1.165) is 43.9 Å². The number of nitrogens with two attached hydrogens (primary N) is 2. The van der Waals surface area contributed by atoms with E-state index in [9.17, 15) is 0 Å². The number of rotatable bonds is 9. The molecule has 0 saturated heterocycles. The summed E-state index contributed by atoms with van der Waals surface area (Å²) in [6.45, 7) is 12.1. The molecule has 0 rings (SSSR count). The second-order valence-corrected chi connectivity index (χ2v) is 4.07. The molecule has 0 aromatic carbocycles. The Labute approximate surface area is 105 Å². The molecule has 0 spiro atoms. The molecule has 0 fully saturated rings. The molecule has 3 heteroatoms. The van der Waals surface area contributed by atoms with Gasteiger partial charge in [0.25, 0.3) is 0 Å². The van der Waals surface area contributed by atoms with Gasteiger partial charge in [0.1, 0.15) is 0 Å². The van der Waals surface area contributed by atoms with Crippen molar-refractivity contribution < 1.29 is 0 Å². The zero-order valence-electron chi connectivity index (χ0n) is 10.9. The highest BCUT2D eigenvalue weighted by Gasteiger charge is 1.98. The lowest BCUT2D eigenvalue weighted by molar-refractivity contribution is 0.331. The lowest BCUT2D eigenvalue weighted by Gasteiger charge is -2.17. The summed E-state index contributed by atoms with van der Waals surface area (Å²) in [7, 11) is 0. The molecular formula is C14H25N3. The first-order chi connectivity index (χ1) is 8.10. The monoisotopic (exact) mass is 235 g/mol. The Hall–Kier alpha value is -1.48. The smallest absolute Gasteiger partial charge is 0.0290 e. The van der Waals surface area contributed by atoms with Crippen molar-refractivity contribution in [1.82, 2.24) is 4.90 Å². The van der Waals surface area contributed by atoms with Gasteiger partial charge in [0, 0.05) is 24.5 Å². The summed E-state index contributed by atoms with van der Waals surface area (Å²) in [5.74, 6) is 0. The van der Waals surface area contributed by atoms with E-state index in [1.807, 2.05) is 25.2 Å². The van der Waals surface area contributed by atoms with Crippen LogP contribution in [0, 0.1) is 0 Å². The van der Waals surface area contributed by atoms with Crippen molar-refractivity contribution in [3.05, 3.63) is 48.9 Å². The number of nitrogens with zero attached hydrogens (tertiary/aromatic N) is 1. The van der Waals surface area contributed by atoms with Crippen molar-refractivity contribution in [2.75, 3.05) is 19.6 Å². The number of hydrogen-bond donors (Lipinski definition) is 2. The number of unbranched alkanes of at least 4 members (excludes halogenated alkanes) is 1. The molecule has 0 aromatic heterocycles. The Balaban J connectivity index is 3.91. The van der Waals surface area contributed by atoms with Crippen LogP contribution < -0.4 is 11.5 Å². The summed E-state index contributed by atoms with van der Waals surface area (Å²) in [5, 5.41) is 0. The van der Waals surface area contributed by atoms with Gasteiger partial charge in [-0.05, 0) is 32.4 Å². The van der Waals surface area contributed by atoms with Gasteiger partial charge in [-0.15, -0.1) is 13.2 Å². The van der Waals surface area contributed by atoms with Gasteiger partial charge in [0.2, 0.25) is 0 Å². The predicted octanol–water partition coefficient (Wildman–Crippen LogP) is 2.15. The van der Waals surface area contributed by atoms with Gasteiger partial charge >= 0.3 is 0 Å². The minimum absolute atomic E-state index is 0.735. The summed E-state index contributed by atoms with van der Waals surface area (Å²) < 4.78 is 0. The molecule has 3 nitrogen and oxygen atoms in total. The maximum absolute atomic E-state index is 5.77. The largest absolute Gasteiger partial charge is 0.402 e. The molecule has 17 heavy (non-hydrogen) atoms. The third-order valence-corrected chi connectivity index (χ3v) is 2.23. The zero-order valence-corrected chi connectivity index (χ0v) is 10.9. The van der Waals surface area contributed by atoms with Gasteiger partial charge in [-0.2, -0.15) is 0 Å². The normalized spacial score (nSPS) is 12.8. The maximum Gasteiger partial charge on any atom is 0.0290 e. The van der Waals surface area contributed by atoms with Crippen LogP contribution in [0.2, 0.25) is 0 Å². The van der Waals surface area contributed by atoms with Crippen LogP contribution in [-0.4, -0.2) is 24.5 Å². The Morgan fingerprint density at radius 1 is 1.18 bits per heavy atom. The van der Waals surface area contributed by atoms with Gasteiger partial charge in [-0.25, -0.2) is 0 Å². The molecule has 0 heterocycles. The first-order valence-electron chi connectivity index (χ1n) is 5.93. The average Bonchev–Trinajstić information content (AvgIpc) is 2.24. The first kappa shape index (κ1) is 15.5. The fourth-order valence-corrected chi connectivity index (χ4v) is 1.53. The third kappa shape index (κ3) is 9.45. The summed E-state index contributed by atoms with van der Waals surface area (Å²) in [6, 6.07) is 0. The topological polar surface area (TPSA) is 55.3 Å². The number of allylic oxidation sites excluding steroid dienone is 3. The van der Waals surface area contributed by atoms with E-state index in [4.69, 9.17) is 11.5 Å². The molecule has 0 unspecified atom stereocenters. The molecule has 0 radical (unpaired) electrons. The Morgan fingerprint density at radius 3 is 2.24 bits per heavy atom. The highest BCUT2D eigenvalue weighted by Crippen LogP contribution is 2.00. The molecule has 0 aromatic rings. The van der Waals surface area contributed by atoms with Crippen molar-refractivity contribution in [2.24, 2.45) is 11.5 Å². The van der Waals surface area contributed by atoms with Gasteiger partial charge in [-0.1, -0.05) is 18.2 Å². The van der Waals surface area contributed by atoms with Crippen molar-refractivity contribution in [3.63, 3.8) is 0 Å². The quantitative estimate of drug-likeness (QED) is 0.366.